The van der Waals surface area contributed by atoms with Crippen molar-refractivity contribution < 1.29 is 18.3 Å². The minimum atomic E-state index is -2.50. The summed E-state index contributed by atoms with van der Waals surface area (Å²) in [5.41, 5.74) is 0. The molecule has 92 valence electrons. The van der Waals surface area contributed by atoms with Gasteiger partial charge in [0, 0.05) is 38.5 Å². The summed E-state index contributed by atoms with van der Waals surface area (Å²) in [5.74, 6) is -2.50. The Bertz CT molecular complexity index is 253. The summed E-state index contributed by atoms with van der Waals surface area (Å²) in [6, 6.07) is 0.0712. The van der Waals surface area contributed by atoms with E-state index in [2.05, 4.69) is 5.32 Å². The number of alkyl halides is 2. The second kappa shape index (κ2) is 4.73. The van der Waals surface area contributed by atoms with Crippen molar-refractivity contribution in [3.05, 3.63) is 0 Å². The van der Waals surface area contributed by atoms with Crippen LogP contribution in [0.15, 0.2) is 0 Å². The second-order valence-corrected chi connectivity index (χ2v) is 4.41. The fourth-order valence-corrected chi connectivity index (χ4v) is 2.11. The number of nitrogens with zero attached hydrogens (tertiary/aromatic N) is 1. The third-order valence-electron chi connectivity index (χ3n) is 3.07. The van der Waals surface area contributed by atoms with E-state index in [1.807, 2.05) is 4.90 Å². The van der Waals surface area contributed by atoms with Gasteiger partial charge < -0.3 is 9.64 Å². The number of hydrogen-bond acceptors (Lipinski definition) is 4. The number of nitrogens with one attached hydrogen (secondary N) is 1. The Morgan fingerprint density at radius 2 is 2.12 bits per heavy atom. The summed E-state index contributed by atoms with van der Waals surface area (Å²) in [6.45, 7) is 1.96. The predicted octanol–water partition coefficient (Wildman–Crippen LogP) is 0.231. The number of carbonyl (C=O) groups is 1. The van der Waals surface area contributed by atoms with Gasteiger partial charge in [-0.3, -0.25) is 10.1 Å². The number of halogens is 2. The standard InChI is InChI=1S/C10H16F2N2O2/c11-10(12)1-3-14(4-2-10)5-8-7-16-9(6-15)13-8/h6,8-9,13H,1-5,7H2. The lowest BCUT2D eigenvalue weighted by molar-refractivity contribution is -0.116. The molecule has 0 aromatic heterocycles. The predicted molar refractivity (Wildman–Crippen MR) is 53.3 cm³/mol. The quantitative estimate of drug-likeness (QED) is 0.710. The first-order valence-corrected chi connectivity index (χ1v) is 5.52. The Morgan fingerprint density at radius 1 is 1.44 bits per heavy atom. The normalized spacial score (nSPS) is 35.1. The van der Waals surface area contributed by atoms with Crippen LogP contribution in [0.4, 0.5) is 8.78 Å². The largest absolute Gasteiger partial charge is 0.355 e. The average molecular weight is 234 g/mol. The van der Waals surface area contributed by atoms with Crippen LogP contribution in [-0.4, -0.2) is 55.6 Å². The third-order valence-corrected chi connectivity index (χ3v) is 3.07. The lowest BCUT2D eigenvalue weighted by Crippen LogP contribution is -2.46. The lowest BCUT2D eigenvalue weighted by atomic mass is 10.1. The number of piperidine rings is 1. The van der Waals surface area contributed by atoms with Crippen molar-refractivity contribution in [2.24, 2.45) is 0 Å². The van der Waals surface area contributed by atoms with Crippen LogP contribution in [0.25, 0.3) is 0 Å². The van der Waals surface area contributed by atoms with E-state index >= 15 is 0 Å². The van der Waals surface area contributed by atoms with Gasteiger partial charge >= 0.3 is 0 Å². The molecule has 2 rings (SSSR count). The highest BCUT2D eigenvalue weighted by Gasteiger charge is 2.35. The van der Waals surface area contributed by atoms with Crippen molar-refractivity contribution in [3.63, 3.8) is 0 Å². The third kappa shape index (κ3) is 2.96. The molecule has 2 aliphatic rings. The molecule has 2 heterocycles. The lowest BCUT2D eigenvalue weighted by Gasteiger charge is -2.32. The molecule has 0 spiro atoms. The average Bonchev–Trinajstić information content (AvgIpc) is 2.69. The van der Waals surface area contributed by atoms with Crippen molar-refractivity contribution in [3.8, 4) is 0 Å². The van der Waals surface area contributed by atoms with Crippen LogP contribution in [0.1, 0.15) is 12.8 Å². The number of likely N-dealkylation sites (tertiary alicyclic amines) is 1. The number of hydrogen-bond donors (Lipinski definition) is 1. The molecule has 0 bridgehead atoms. The summed E-state index contributed by atoms with van der Waals surface area (Å²) < 4.78 is 30.9. The Hall–Kier alpha value is -0.590. The molecule has 0 amide bonds. The molecular formula is C10H16F2N2O2. The topological polar surface area (TPSA) is 41.6 Å². The van der Waals surface area contributed by atoms with Gasteiger partial charge in [-0.15, -0.1) is 0 Å². The first-order chi connectivity index (χ1) is 7.59. The van der Waals surface area contributed by atoms with Gasteiger partial charge in [0.2, 0.25) is 0 Å². The van der Waals surface area contributed by atoms with Crippen molar-refractivity contribution in [1.29, 1.82) is 0 Å². The van der Waals surface area contributed by atoms with E-state index in [9.17, 15) is 13.6 Å². The van der Waals surface area contributed by atoms with Crippen LogP contribution in [-0.2, 0) is 9.53 Å². The molecule has 0 aliphatic carbocycles. The first-order valence-electron chi connectivity index (χ1n) is 5.52. The molecule has 2 saturated heterocycles. The fraction of sp³-hybridized carbons (Fsp3) is 0.900. The molecule has 2 atom stereocenters. The van der Waals surface area contributed by atoms with E-state index in [0.717, 1.165) is 0 Å². The van der Waals surface area contributed by atoms with Gasteiger partial charge in [-0.2, -0.15) is 0 Å². The molecule has 0 aromatic carbocycles. The van der Waals surface area contributed by atoms with Crippen molar-refractivity contribution >= 4 is 6.29 Å². The summed E-state index contributed by atoms with van der Waals surface area (Å²) in [4.78, 5) is 12.4. The Kier molecular flexibility index (Phi) is 3.51. The molecule has 0 aromatic rings. The van der Waals surface area contributed by atoms with Crippen molar-refractivity contribution in [2.45, 2.75) is 31.0 Å². The molecule has 0 radical (unpaired) electrons. The van der Waals surface area contributed by atoms with Gasteiger partial charge in [-0.05, 0) is 0 Å². The Balaban J connectivity index is 1.73. The zero-order chi connectivity index (χ0) is 11.6. The molecule has 6 heteroatoms. The van der Waals surface area contributed by atoms with Crippen LogP contribution in [0, 0.1) is 0 Å². The zero-order valence-corrected chi connectivity index (χ0v) is 8.99. The maximum atomic E-state index is 12.9. The van der Waals surface area contributed by atoms with Gasteiger partial charge in [0.25, 0.3) is 5.92 Å². The number of rotatable bonds is 3. The highest BCUT2D eigenvalue weighted by Crippen LogP contribution is 2.27. The summed E-state index contributed by atoms with van der Waals surface area (Å²) >= 11 is 0. The molecule has 0 saturated carbocycles. The number of ether oxygens (including phenoxy) is 1. The monoisotopic (exact) mass is 234 g/mol. The molecule has 2 aliphatic heterocycles. The highest BCUT2D eigenvalue weighted by molar-refractivity contribution is 5.55. The minimum absolute atomic E-state index is 0.0712. The molecule has 2 unspecified atom stereocenters. The van der Waals surface area contributed by atoms with Crippen LogP contribution < -0.4 is 5.32 Å². The van der Waals surface area contributed by atoms with Crippen LogP contribution in [0.3, 0.4) is 0 Å². The first kappa shape index (κ1) is 11.9. The van der Waals surface area contributed by atoms with E-state index in [1.165, 1.54) is 0 Å². The Labute approximate surface area is 92.9 Å². The smallest absolute Gasteiger partial charge is 0.250 e. The van der Waals surface area contributed by atoms with Crippen molar-refractivity contribution in [1.82, 2.24) is 10.2 Å². The summed E-state index contributed by atoms with van der Waals surface area (Å²) in [6.07, 6.45) is 0.0379. The molecular weight excluding hydrogens is 218 g/mol. The van der Waals surface area contributed by atoms with E-state index in [-0.39, 0.29) is 18.9 Å². The molecule has 1 N–H and O–H groups in total. The van der Waals surface area contributed by atoms with E-state index in [4.69, 9.17) is 4.74 Å². The highest BCUT2D eigenvalue weighted by atomic mass is 19.3. The van der Waals surface area contributed by atoms with Crippen LogP contribution in [0.5, 0.6) is 0 Å². The van der Waals surface area contributed by atoms with Crippen molar-refractivity contribution in [2.75, 3.05) is 26.2 Å². The van der Waals surface area contributed by atoms with Gasteiger partial charge in [0.15, 0.2) is 12.5 Å². The van der Waals surface area contributed by atoms with Gasteiger partial charge in [0.1, 0.15) is 0 Å². The maximum absolute atomic E-state index is 12.9. The van der Waals surface area contributed by atoms with Crippen LogP contribution >= 0.6 is 0 Å². The molecule has 2 fully saturated rings. The van der Waals surface area contributed by atoms with Gasteiger partial charge in [-0.1, -0.05) is 0 Å². The molecule has 16 heavy (non-hydrogen) atoms. The number of aldehydes is 1. The number of carbonyl (C=O) groups excluding carboxylic acids is 1. The van der Waals surface area contributed by atoms with Crippen LogP contribution in [0.2, 0.25) is 0 Å². The second-order valence-electron chi connectivity index (χ2n) is 4.41. The summed E-state index contributed by atoms with van der Waals surface area (Å²) in [7, 11) is 0. The minimum Gasteiger partial charge on any atom is -0.355 e. The molecule has 4 nitrogen and oxygen atoms in total. The van der Waals surface area contributed by atoms with E-state index < -0.39 is 12.2 Å². The fourth-order valence-electron chi connectivity index (χ4n) is 2.11. The SMILES string of the molecule is O=CC1NC(CN2CCC(F)(F)CC2)CO1. The zero-order valence-electron chi connectivity index (χ0n) is 8.99. The van der Waals surface area contributed by atoms with E-state index in [0.29, 0.717) is 32.5 Å². The maximum Gasteiger partial charge on any atom is 0.250 e. The Morgan fingerprint density at radius 3 is 2.69 bits per heavy atom. The summed E-state index contributed by atoms with van der Waals surface area (Å²) in [5, 5.41) is 2.99. The van der Waals surface area contributed by atoms with E-state index in [1.54, 1.807) is 0 Å². The van der Waals surface area contributed by atoms with Gasteiger partial charge in [0.05, 0.1) is 6.61 Å². The van der Waals surface area contributed by atoms with Gasteiger partial charge in [-0.25, -0.2) is 8.78 Å².